The van der Waals surface area contributed by atoms with Gasteiger partial charge >= 0.3 is 12.4 Å². The van der Waals surface area contributed by atoms with Crippen molar-refractivity contribution in [3.63, 3.8) is 0 Å². The minimum Gasteiger partial charge on any atom is -0.352 e. The van der Waals surface area contributed by atoms with Crippen molar-refractivity contribution in [3.8, 4) is 0 Å². The lowest BCUT2D eigenvalue weighted by atomic mass is 9.80. The molecule has 0 unspecified atom stereocenters. The molecule has 14 heteroatoms. The summed E-state index contributed by atoms with van der Waals surface area (Å²) in [5.74, 6) is -1.38. The normalized spacial score (nSPS) is 18.6. The van der Waals surface area contributed by atoms with E-state index in [0.29, 0.717) is 5.92 Å². The van der Waals surface area contributed by atoms with Crippen molar-refractivity contribution in [2.45, 2.75) is 149 Å². The molecule has 6 rings (SSSR count). The maximum Gasteiger partial charge on any atom is 0.416 e. The molecule has 2 aliphatic carbocycles. The number of hydrogen-bond donors (Lipinski definition) is 4. The summed E-state index contributed by atoms with van der Waals surface area (Å²) in [4.78, 5) is 49.7. The highest BCUT2D eigenvalue weighted by atomic mass is 19.4. The minimum atomic E-state index is -4.53. The number of ketones is 1. The van der Waals surface area contributed by atoms with E-state index in [-0.39, 0.29) is 60.5 Å². The smallest absolute Gasteiger partial charge is 0.352 e. The van der Waals surface area contributed by atoms with Gasteiger partial charge in [-0.05, 0) is 137 Å². The van der Waals surface area contributed by atoms with Crippen molar-refractivity contribution in [1.82, 2.24) is 21.3 Å². The van der Waals surface area contributed by atoms with E-state index in [9.17, 15) is 45.5 Å². The summed E-state index contributed by atoms with van der Waals surface area (Å²) >= 11 is 0. The molecule has 0 spiro atoms. The molecule has 0 aliphatic heterocycles. The first-order valence-electron chi connectivity index (χ1n) is 23.3. The minimum absolute atomic E-state index is 0.0244. The van der Waals surface area contributed by atoms with Gasteiger partial charge in [0.05, 0.1) is 17.7 Å². The zero-order chi connectivity index (χ0) is 48.9. The van der Waals surface area contributed by atoms with Gasteiger partial charge in [0.1, 0.15) is 0 Å². The SMILES string of the molecule is Cc1cc(C)c(CN[C@H]2CCCC[C@@H]2NC(=O)CCC(=O)c2cccc(C(F)(F)F)c2)c(C)c1.Cc1ccc(CC[C@@H]2CCCC[C@@H]2NC(=O)CNC(=O)c2cccc(C(F)(F)F)c2)c(C)c1. The van der Waals surface area contributed by atoms with E-state index >= 15 is 0 Å². The second-order valence-electron chi connectivity index (χ2n) is 18.3. The van der Waals surface area contributed by atoms with E-state index in [4.69, 9.17) is 0 Å². The van der Waals surface area contributed by atoms with E-state index in [1.807, 2.05) is 0 Å². The number of halogens is 6. The first-order valence-corrected chi connectivity index (χ1v) is 23.3. The number of Topliss-reactive ketones (excluding diaryl/α,β-unsaturated/α-hetero) is 1. The Morgan fingerprint density at radius 1 is 0.582 bits per heavy atom. The van der Waals surface area contributed by atoms with Gasteiger partial charge < -0.3 is 21.3 Å². The molecule has 67 heavy (non-hydrogen) atoms. The Balaban J connectivity index is 0.000000251. The van der Waals surface area contributed by atoms with Crippen molar-refractivity contribution in [1.29, 1.82) is 0 Å². The van der Waals surface area contributed by atoms with Gasteiger partial charge in [0.2, 0.25) is 11.8 Å². The predicted octanol–water partition coefficient (Wildman–Crippen LogP) is 11.2. The van der Waals surface area contributed by atoms with Crippen molar-refractivity contribution in [2.75, 3.05) is 6.54 Å². The number of carbonyl (C=O) groups is 4. The largest absolute Gasteiger partial charge is 0.416 e. The van der Waals surface area contributed by atoms with Crippen LogP contribution in [0.4, 0.5) is 26.3 Å². The lowest BCUT2D eigenvalue weighted by molar-refractivity contribution is -0.138. The Morgan fingerprint density at radius 2 is 1.13 bits per heavy atom. The fourth-order valence-corrected chi connectivity index (χ4v) is 9.36. The van der Waals surface area contributed by atoms with Crippen LogP contribution in [-0.4, -0.2) is 48.2 Å². The Morgan fingerprint density at radius 3 is 1.76 bits per heavy atom. The number of amides is 3. The average molecular weight is 935 g/mol. The second kappa shape index (κ2) is 24.0. The fourth-order valence-electron chi connectivity index (χ4n) is 9.36. The van der Waals surface area contributed by atoms with Crippen LogP contribution in [0.2, 0.25) is 0 Å². The van der Waals surface area contributed by atoms with Gasteiger partial charge in [-0.15, -0.1) is 0 Å². The summed E-state index contributed by atoms with van der Waals surface area (Å²) in [7, 11) is 0. The maximum absolute atomic E-state index is 12.9. The Kier molecular flexibility index (Phi) is 18.8. The molecule has 4 N–H and O–H groups in total. The summed E-state index contributed by atoms with van der Waals surface area (Å²) in [6, 6.07) is 19.5. The monoisotopic (exact) mass is 934 g/mol. The Bertz CT molecular complexity index is 2320. The number of hydrogen-bond acceptors (Lipinski definition) is 5. The molecule has 0 saturated heterocycles. The number of carbonyl (C=O) groups excluding carboxylic acids is 4. The topological polar surface area (TPSA) is 116 Å². The summed E-state index contributed by atoms with van der Waals surface area (Å²) < 4.78 is 77.3. The highest BCUT2D eigenvalue weighted by Crippen LogP contribution is 2.32. The highest BCUT2D eigenvalue weighted by molar-refractivity contribution is 5.98. The molecule has 0 aromatic heterocycles. The molecule has 362 valence electrons. The lowest BCUT2D eigenvalue weighted by Gasteiger charge is -2.33. The van der Waals surface area contributed by atoms with Crippen LogP contribution in [0, 0.1) is 40.5 Å². The Labute approximate surface area is 390 Å². The molecule has 4 aromatic rings. The van der Waals surface area contributed by atoms with Crippen LogP contribution in [0.1, 0.15) is 141 Å². The van der Waals surface area contributed by atoms with Gasteiger partial charge in [-0.25, -0.2) is 0 Å². The highest BCUT2D eigenvalue weighted by Gasteiger charge is 2.33. The first-order chi connectivity index (χ1) is 31.7. The maximum atomic E-state index is 12.9. The quantitative estimate of drug-likeness (QED) is 0.0700. The molecule has 2 saturated carbocycles. The third-order valence-electron chi connectivity index (χ3n) is 13.0. The van der Waals surface area contributed by atoms with Crippen LogP contribution < -0.4 is 21.3 Å². The van der Waals surface area contributed by atoms with Gasteiger partial charge in [-0.1, -0.05) is 85.3 Å². The van der Waals surface area contributed by atoms with Gasteiger partial charge in [0.25, 0.3) is 5.91 Å². The fraction of sp³-hybridized carbons (Fsp3) is 0.472. The molecular formula is C53H64F6N4O4. The molecule has 4 atom stereocenters. The summed E-state index contributed by atoms with van der Waals surface area (Å²) in [6.07, 6.45) is 0.769. The molecular weight excluding hydrogens is 871 g/mol. The van der Waals surface area contributed by atoms with Crippen molar-refractivity contribution in [3.05, 3.63) is 140 Å². The van der Waals surface area contributed by atoms with Crippen LogP contribution in [0.5, 0.6) is 0 Å². The van der Waals surface area contributed by atoms with Crippen LogP contribution in [0.3, 0.4) is 0 Å². The van der Waals surface area contributed by atoms with E-state index in [1.54, 1.807) is 0 Å². The summed E-state index contributed by atoms with van der Waals surface area (Å²) in [6.45, 7) is 11.0. The standard InChI is InChI=1S/C27H33F3N2O2.C26H31F3N2O2/c1-17-13-18(2)22(19(3)14-17)16-31-23-9-4-5-10-24(23)32-26(34)12-11-25(33)20-7-6-8-21(15-20)27(28,29)30;1-17-10-11-19(18(2)14-17)12-13-20-6-3-4-9-23(20)31-24(32)16-30-25(33)21-7-5-8-22(15-21)26(27,28)29/h6-8,13-15,23-24,31H,4-5,9-12,16H2,1-3H3,(H,32,34);5,7-8,10-11,14-15,20,23H,3-4,6,9,12-13,16H2,1-2H3,(H,30,33)(H,31,32)/t23-,24-;20-,23-/m00/s1. The summed E-state index contributed by atoms with van der Waals surface area (Å²) in [5, 5.41) is 12.1. The predicted molar refractivity (Wildman–Crippen MR) is 249 cm³/mol. The van der Waals surface area contributed by atoms with Crippen LogP contribution in [-0.2, 0) is 34.9 Å². The molecule has 0 heterocycles. The van der Waals surface area contributed by atoms with Crippen LogP contribution in [0.25, 0.3) is 0 Å². The zero-order valence-corrected chi connectivity index (χ0v) is 39.1. The number of alkyl halides is 6. The third-order valence-corrected chi connectivity index (χ3v) is 13.0. The van der Waals surface area contributed by atoms with Crippen LogP contribution >= 0.6 is 0 Å². The second-order valence-corrected chi connectivity index (χ2v) is 18.3. The van der Waals surface area contributed by atoms with Gasteiger partial charge in [-0.3, -0.25) is 19.2 Å². The Hall–Kier alpha value is -5.50. The number of benzene rings is 4. The van der Waals surface area contributed by atoms with E-state index in [1.165, 1.54) is 63.2 Å². The molecule has 2 fully saturated rings. The molecule has 4 aromatic carbocycles. The zero-order valence-electron chi connectivity index (χ0n) is 39.1. The molecule has 0 radical (unpaired) electrons. The summed E-state index contributed by atoms with van der Waals surface area (Å²) in [5.41, 5.74) is 6.94. The average Bonchev–Trinajstić information content (AvgIpc) is 3.27. The number of rotatable bonds is 15. The van der Waals surface area contributed by atoms with Crippen LogP contribution in [0.15, 0.2) is 78.9 Å². The van der Waals surface area contributed by atoms with E-state index < -0.39 is 35.2 Å². The molecule has 2 aliphatic rings. The third kappa shape index (κ3) is 16.1. The van der Waals surface area contributed by atoms with Gasteiger partial charge in [-0.2, -0.15) is 26.3 Å². The molecule has 3 amide bonds. The van der Waals surface area contributed by atoms with Crippen molar-refractivity contribution in [2.24, 2.45) is 5.92 Å². The van der Waals surface area contributed by atoms with E-state index in [2.05, 4.69) is 86.2 Å². The van der Waals surface area contributed by atoms with E-state index in [0.717, 1.165) is 95.0 Å². The van der Waals surface area contributed by atoms with Crippen molar-refractivity contribution < 1.29 is 45.5 Å². The lowest BCUT2D eigenvalue weighted by Crippen LogP contribution is -2.51. The first kappa shape index (κ1) is 52.5. The van der Waals surface area contributed by atoms with Gasteiger partial charge in [0.15, 0.2) is 5.78 Å². The molecule has 8 nitrogen and oxygen atoms in total. The van der Waals surface area contributed by atoms with Gasteiger partial charge in [0, 0.05) is 48.6 Å². The number of nitrogens with one attached hydrogen (secondary N) is 4. The number of aryl methyl sites for hydroxylation is 6. The van der Waals surface area contributed by atoms with Crippen molar-refractivity contribution >= 4 is 23.5 Å². The molecule has 0 bridgehead atoms.